The topological polar surface area (TPSA) is 89.6 Å². The molecule has 1 aromatic carbocycles. The number of fused-ring (bicyclic) bond motifs is 5. The number of aliphatic hydroxyl groups is 1. The van der Waals surface area contributed by atoms with Gasteiger partial charge in [0.05, 0.1) is 40.0 Å². The van der Waals surface area contributed by atoms with Crippen LogP contribution < -0.4 is 0 Å². The lowest BCUT2D eigenvalue weighted by Gasteiger charge is -2.37. The third kappa shape index (κ3) is 3.43. The third-order valence-corrected chi connectivity index (χ3v) is 8.40. The fraction of sp³-hybridized carbons (Fsp3) is 0.393. The van der Waals surface area contributed by atoms with Gasteiger partial charge in [0.1, 0.15) is 17.3 Å². The molecule has 3 heterocycles. The van der Waals surface area contributed by atoms with Crippen LogP contribution in [0.4, 0.5) is 8.78 Å². The van der Waals surface area contributed by atoms with E-state index in [0.29, 0.717) is 17.9 Å². The van der Waals surface area contributed by atoms with E-state index < -0.39 is 17.0 Å². The first-order valence-electron chi connectivity index (χ1n) is 12.6. The maximum atomic E-state index is 14.5. The number of hydrogen-bond donors (Lipinski definition) is 1. The van der Waals surface area contributed by atoms with Crippen molar-refractivity contribution in [2.24, 2.45) is 11.3 Å². The lowest BCUT2D eigenvalue weighted by Crippen LogP contribution is -2.37. The van der Waals surface area contributed by atoms with Gasteiger partial charge in [-0.3, -0.25) is 9.67 Å². The van der Waals surface area contributed by atoms with E-state index in [1.807, 2.05) is 37.4 Å². The summed E-state index contributed by atoms with van der Waals surface area (Å²) in [6.07, 6.45) is 3.62. The highest BCUT2D eigenvalue weighted by molar-refractivity contribution is 5.64. The van der Waals surface area contributed by atoms with Gasteiger partial charge in [0.15, 0.2) is 0 Å². The Bertz CT molecular complexity index is 1480. The number of pyridine rings is 1. The summed E-state index contributed by atoms with van der Waals surface area (Å²) < 4.78 is 30.8. The van der Waals surface area contributed by atoms with Gasteiger partial charge in [0.2, 0.25) is 0 Å². The molecule has 6 rings (SSSR count). The van der Waals surface area contributed by atoms with Gasteiger partial charge < -0.3 is 5.11 Å². The van der Waals surface area contributed by atoms with Gasteiger partial charge in [-0.05, 0) is 66.0 Å². The van der Waals surface area contributed by atoms with Crippen molar-refractivity contribution in [3.05, 3.63) is 77.2 Å². The maximum absolute atomic E-state index is 14.5. The zero-order valence-corrected chi connectivity index (χ0v) is 21.0. The first-order chi connectivity index (χ1) is 17.8. The second kappa shape index (κ2) is 8.48. The quantitative estimate of drug-likeness (QED) is 0.403. The minimum absolute atomic E-state index is 0.0697. The fourth-order valence-corrected chi connectivity index (χ4v) is 6.45. The Morgan fingerprint density at radius 1 is 1.03 bits per heavy atom. The molecule has 3 aromatic heterocycles. The van der Waals surface area contributed by atoms with Crippen molar-refractivity contribution >= 4 is 0 Å². The average Bonchev–Trinajstić information content (AvgIpc) is 3.51. The molecule has 1 saturated carbocycles. The van der Waals surface area contributed by atoms with Crippen molar-refractivity contribution in [2.75, 3.05) is 6.61 Å². The van der Waals surface area contributed by atoms with Gasteiger partial charge in [0.25, 0.3) is 0 Å². The Morgan fingerprint density at radius 3 is 2.54 bits per heavy atom. The predicted octanol–water partition coefficient (Wildman–Crippen LogP) is 4.91. The third-order valence-electron chi connectivity index (χ3n) is 8.40. The smallest absolute Gasteiger partial charge is 0.135 e. The monoisotopic (exact) mass is 502 g/mol. The molecule has 2 aliphatic rings. The highest BCUT2D eigenvalue weighted by atomic mass is 19.1. The van der Waals surface area contributed by atoms with Crippen molar-refractivity contribution in [3.63, 3.8) is 0 Å². The maximum Gasteiger partial charge on any atom is 0.135 e. The van der Waals surface area contributed by atoms with Crippen LogP contribution in [0.5, 0.6) is 0 Å². The van der Waals surface area contributed by atoms with Gasteiger partial charge in [-0.15, -0.1) is 10.2 Å². The molecule has 0 aliphatic heterocycles. The van der Waals surface area contributed by atoms with Crippen molar-refractivity contribution < 1.29 is 13.9 Å². The number of hydrogen-bond acceptors (Lipinski definition) is 6. The Hall–Kier alpha value is -3.59. The second-order valence-electron chi connectivity index (χ2n) is 10.9. The summed E-state index contributed by atoms with van der Waals surface area (Å²) in [6, 6.07) is 11.5. The highest BCUT2D eigenvalue weighted by Crippen LogP contribution is 2.69. The summed E-state index contributed by atoms with van der Waals surface area (Å²) in [4.78, 5) is 5.06. The highest BCUT2D eigenvalue weighted by Gasteiger charge is 2.65. The number of halogens is 2. The summed E-state index contributed by atoms with van der Waals surface area (Å²) in [7, 11) is 0. The summed E-state index contributed by atoms with van der Waals surface area (Å²) in [6.45, 7) is 7.03. The zero-order valence-electron chi connectivity index (χ0n) is 21.0. The molecule has 4 aromatic rings. The van der Waals surface area contributed by atoms with Gasteiger partial charge in [0, 0.05) is 13.2 Å². The molecule has 1 fully saturated rings. The molecule has 0 spiro atoms. The molecule has 3 atom stereocenters. The van der Waals surface area contributed by atoms with E-state index in [1.54, 1.807) is 4.68 Å². The summed E-state index contributed by atoms with van der Waals surface area (Å²) in [5.74, 6) is -1.07. The number of aromatic nitrogens is 6. The lowest BCUT2D eigenvalue weighted by atomic mass is 9.66. The molecular formula is C28H28F2N6O. The van der Waals surface area contributed by atoms with Gasteiger partial charge in [-0.1, -0.05) is 38.1 Å². The zero-order chi connectivity index (χ0) is 25.9. The van der Waals surface area contributed by atoms with Crippen LogP contribution in [-0.4, -0.2) is 41.9 Å². The standard InChI is InChI=1S/C28H28F2N6O/c1-16(15-37)13-36-14-23(33-35-36)21-8-5-9-24(31-21)28-11-10-18(27(28,2)3)17-12-22(32-34-26(17)28)25-19(29)6-4-7-20(25)30/h4-9,12,14,16,18,37H,10-11,13,15H2,1-3H3/t16-,18-,28-/m0/s1. The minimum Gasteiger partial charge on any atom is -0.396 e. The van der Waals surface area contributed by atoms with Crippen molar-refractivity contribution in [3.8, 4) is 22.6 Å². The normalized spacial score (nSPS) is 22.3. The van der Waals surface area contributed by atoms with Crippen LogP contribution in [0.15, 0.2) is 48.7 Å². The molecule has 2 bridgehead atoms. The molecule has 9 heteroatoms. The molecule has 190 valence electrons. The van der Waals surface area contributed by atoms with Crippen LogP contribution in [-0.2, 0) is 12.0 Å². The van der Waals surface area contributed by atoms with Crippen LogP contribution in [0.25, 0.3) is 22.6 Å². The molecule has 0 saturated heterocycles. The summed E-state index contributed by atoms with van der Waals surface area (Å²) in [5, 5.41) is 26.8. The number of rotatable bonds is 6. The van der Waals surface area contributed by atoms with Gasteiger partial charge in [-0.25, -0.2) is 8.78 Å². The number of aliphatic hydroxyl groups excluding tert-OH is 1. The molecule has 37 heavy (non-hydrogen) atoms. The van der Waals surface area contributed by atoms with Crippen molar-refractivity contribution in [1.82, 2.24) is 30.2 Å². The molecule has 0 amide bonds. The molecule has 0 radical (unpaired) electrons. The van der Waals surface area contributed by atoms with Crippen LogP contribution in [0, 0.1) is 23.0 Å². The number of benzene rings is 1. The predicted molar refractivity (Wildman–Crippen MR) is 133 cm³/mol. The van der Waals surface area contributed by atoms with Crippen molar-refractivity contribution in [1.29, 1.82) is 0 Å². The molecule has 2 aliphatic carbocycles. The van der Waals surface area contributed by atoms with E-state index in [1.165, 1.54) is 18.2 Å². The fourth-order valence-electron chi connectivity index (χ4n) is 6.45. The number of nitrogens with zero attached hydrogens (tertiary/aromatic N) is 6. The molecular weight excluding hydrogens is 474 g/mol. The van der Waals surface area contributed by atoms with Crippen LogP contribution in [0.3, 0.4) is 0 Å². The van der Waals surface area contributed by atoms with Crippen molar-refractivity contribution in [2.45, 2.75) is 51.5 Å². The molecule has 0 unspecified atom stereocenters. The minimum atomic E-state index is -0.651. The Labute approximate surface area is 213 Å². The second-order valence-corrected chi connectivity index (χ2v) is 10.9. The summed E-state index contributed by atoms with van der Waals surface area (Å²) in [5.41, 5.74) is 3.42. The van der Waals surface area contributed by atoms with Gasteiger partial charge in [-0.2, -0.15) is 5.10 Å². The van der Waals surface area contributed by atoms with E-state index in [0.717, 1.165) is 29.8 Å². The first kappa shape index (κ1) is 23.8. The van der Waals surface area contributed by atoms with E-state index in [9.17, 15) is 13.9 Å². The van der Waals surface area contributed by atoms with Crippen LogP contribution in [0.2, 0.25) is 0 Å². The van der Waals surface area contributed by atoms with E-state index in [-0.39, 0.29) is 35.1 Å². The van der Waals surface area contributed by atoms with E-state index in [4.69, 9.17) is 4.98 Å². The Morgan fingerprint density at radius 2 is 1.78 bits per heavy atom. The Balaban J connectivity index is 1.43. The molecule has 7 nitrogen and oxygen atoms in total. The van der Waals surface area contributed by atoms with E-state index in [2.05, 4.69) is 34.4 Å². The Kier molecular flexibility index (Phi) is 5.45. The lowest BCUT2D eigenvalue weighted by molar-refractivity contribution is 0.218. The summed E-state index contributed by atoms with van der Waals surface area (Å²) >= 11 is 0. The molecule has 1 N–H and O–H groups in total. The largest absolute Gasteiger partial charge is 0.396 e. The van der Waals surface area contributed by atoms with E-state index >= 15 is 0 Å². The average molecular weight is 503 g/mol. The van der Waals surface area contributed by atoms with Crippen LogP contribution in [0.1, 0.15) is 56.5 Å². The SMILES string of the molecule is C[C@H](CO)Cn1cc(-c2cccc([C@@]34CC[C@@H](c5cc(-c6c(F)cccc6F)nnc53)C4(C)C)n2)nn1. The van der Waals surface area contributed by atoms with Gasteiger partial charge >= 0.3 is 0 Å². The first-order valence-corrected chi connectivity index (χ1v) is 12.6. The van der Waals surface area contributed by atoms with Crippen LogP contribution >= 0.6 is 0 Å².